The minimum atomic E-state index is -0.368. The fourth-order valence-corrected chi connectivity index (χ4v) is 4.29. The van der Waals surface area contributed by atoms with E-state index in [1.54, 1.807) is 0 Å². The maximum Gasteiger partial charge on any atom is 0.407 e. The van der Waals surface area contributed by atoms with Crippen LogP contribution < -0.4 is 16.2 Å². The summed E-state index contributed by atoms with van der Waals surface area (Å²) in [6, 6.07) is 9.15. The number of carbonyl (C=O) groups excluding carboxylic acids is 1. The van der Waals surface area contributed by atoms with E-state index < -0.39 is 0 Å². The van der Waals surface area contributed by atoms with Crippen LogP contribution in [0.1, 0.15) is 55.9 Å². The number of hydrogen-bond acceptors (Lipinski definition) is 5. The maximum atomic E-state index is 11.9. The summed E-state index contributed by atoms with van der Waals surface area (Å²) in [6.45, 7) is 3.17. The quantitative estimate of drug-likeness (QED) is 0.674. The number of ether oxygens (including phenoxy) is 2. The van der Waals surface area contributed by atoms with Crippen LogP contribution in [-0.2, 0) is 9.47 Å². The molecule has 0 aromatic heterocycles. The second kappa shape index (κ2) is 7.32. The van der Waals surface area contributed by atoms with Gasteiger partial charge in [-0.25, -0.2) is 10.2 Å². The molecule has 1 saturated heterocycles. The molecule has 3 aliphatic rings. The molecule has 4 unspecified atom stereocenters. The molecule has 1 aliphatic carbocycles. The molecule has 0 spiro atoms. The standard InChI is InChI=1S/C19H27N3O3/c1-12-13-4-2-5-14(10-13)18-16-11-15(6-7-17(16)21-22-18)24-9-3-8-20-19(23)25-12/h2,4-5,10,12,15-18,21-22H,3,6-9,11H2,1H3,(H,20,23)/t12-,15?,16?,17?,18?/m1/s1. The van der Waals surface area contributed by atoms with Crippen molar-refractivity contribution >= 4 is 6.09 Å². The fourth-order valence-electron chi connectivity index (χ4n) is 4.29. The monoisotopic (exact) mass is 345 g/mol. The van der Waals surface area contributed by atoms with Crippen molar-refractivity contribution in [2.75, 3.05) is 13.2 Å². The number of alkyl carbamates (subject to hydrolysis) is 1. The van der Waals surface area contributed by atoms with E-state index in [4.69, 9.17) is 9.47 Å². The zero-order valence-corrected chi connectivity index (χ0v) is 14.7. The molecular weight excluding hydrogens is 318 g/mol. The number of hydrazine groups is 1. The van der Waals surface area contributed by atoms with E-state index >= 15 is 0 Å². The van der Waals surface area contributed by atoms with Crippen LogP contribution in [0.25, 0.3) is 0 Å². The van der Waals surface area contributed by atoms with E-state index in [1.165, 1.54) is 5.56 Å². The minimum absolute atomic E-state index is 0.266. The van der Waals surface area contributed by atoms with Gasteiger partial charge in [-0.1, -0.05) is 24.3 Å². The molecule has 6 heteroatoms. The van der Waals surface area contributed by atoms with Crippen molar-refractivity contribution in [3.05, 3.63) is 35.4 Å². The van der Waals surface area contributed by atoms with Gasteiger partial charge in [0.25, 0.3) is 0 Å². The first-order chi connectivity index (χ1) is 12.2. The lowest BCUT2D eigenvalue weighted by Crippen LogP contribution is -2.37. The van der Waals surface area contributed by atoms with Crippen LogP contribution in [0.5, 0.6) is 0 Å². The molecule has 2 heterocycles. The maximum absolute atomic E-state index is 11.9. The average molecular weight is 345 g/mol. The van der Waals surface area contributed by atoms with Gasteiger partial charge in [0, 0.05) is 19.2 Å². The smallest absolute Gasteiger partial charge is 0.407 e. The molecule has 1 aromatic rings. The molecule has 0 radical (unpaired) electrons. The fraction of sp³-hybridized carbons (Fsp3) is 0.632. The molecule has 4 rings (SSSR count). The Labute approximate surface area is 148 Å². The Morgan fingerprint density at radius 1 is 1.16 bits per heavy atom. The third-order valence-electron chi connectivity index (χ3n) is 5.67. The molecule has 136 valence electrons. The minimum Gasteiger partial charge on any atom is -0.442 e. The third-order valence-corrected chi connectivity index (χ3v) is 5.67. The third kappa shape index (κ3) is 3.66. The van der Waals surface area contributed by atoms with Crippen LogP contribution in [0.3, 0.4) is 0 Å². The van der Waals surface area contributed by atoms with Crippen molar-refractivity contribution in [1.29, 1.82) is 0 Å². The van der Waals surface area contributed by atoms with Crippen molar-refractivity contribution in [1.82, 2.24) is 16.2 Å². The second-order valence-corrected chi connectivity index (χ2v) is 7.34. The van der Waals surface area contributed by atoms with E-state index in [9.17, 15) is 4.79 Å². The predicted octanol–water partition coefficient (Wildman–Crippen LogP) is 2.58. The summed E-state index contributed by atoms with van der Waals surface area (Å²) in [5.41, 5.74) is 9.22. The lowest BCUT2D eigenvalue weighted by molar-refractivity contribution is 0.00710. The van der Waals surface area contributed by atoms with Gasteiger partial charge >= 0.3 is 6.09 Å². The van der Waals surface area contributed by atoms with Crippen molar-refractivity contribution in [3.63, 3.8) is 0 Å². The zero-order valence-electron chi connectivity index (χ0n) is 14.7. The van der Waals surface area contributed by atoms with Gasteiger partial charge in [0.1, 0.15) is 6.10 Å². The molecule has 6 nitrogen and oxygen atoms in total. The average Bonchev–Trinajstić information content (AvgIpc) is 3.04. The van der Waals surface area contributed by atoms with E-state index in [0.717, 1.165) is 31.2 Å². The Balaban J connectivity index is 1.61. The molecule has 5 atom stereocenters. The molecule has 1 aromatic carbocycles. The van der Waals surface area contributed by atoms with Crippen LogP contribution in [0.15, 0.2) is 24.3 Å². The summed E-state index contributed by atoms with van der Waals surface area (Å²) in [4.78, 5) is 11.9. The Kier molecular flexibility index (Phi) is 4.92. The Morgan fingerprint density at radius 2 is 2.04 bits per heavy atom. The summed E-state index contributed by atoms with van der Waals surface area (Å²) in [6.07, 6.45) is 3.77. The normalized spacial score (nSPS) is 35.9. The highest BCUT2D eigenvalue weighted by Crippen LogP contribution is 2.39. The number of cyclic esters (lactones) is 1. The molecule has 1 saturated carbocycles. The molecule has 4 bridgehead atoms. The summed E-state index contributed by atoms with van der Waals surface area (Å²) < 4.78 is 11.6. The van der Waals surface area contributed by atoms with Gasteiger partial charge in [0.15, 0.2) is 0 Å². The summed E-state index contributed by atoms with van der Waals surface area (Å²) in [5, 5.41) is 2.81. The summed E-state index contributed by atoms with van der Waals surface area (Å²) in [7, 11) is 0. The molecule has 2 aliphatic heterocycles. The van der Waals surface area contributed by atoms with Gasteiger partial charge in [-0.05, 0) is 49.7 Å². The van der Waals surface area contributed by atoms with E-state index in [2.05, 4.69) is 28.3 Å². The highest BCUT2D eigenvalue weighted by Gasteiger charge is 2.41. The molecule has 3 N–H and O–H groups in total. The van der Waals surface area contributed by atoms with Crippen LogP contribution in [-0.4, -0.2) is 31.4 Å². The Hall–Kier alpha value is -1.63. The van der Waals surface area contributed by atoms with Crippen LogP contribution in [0.4, 0.5) is 4.79 Å². The van der Waals surface area contributed by atoms with Gasteiger partial charge in [-0.15, -0.1) is 0 Å². The molecule has 25 heavy (non-hydrogen) atoms. The summed E-state index contributed by atoms with van der Waals surface area (Å²) >= 11 is 0. The number of rotatable bonds is 0. The summed E-state index contributed by atoms with van der Waals surface area (Å²) in [5.74, 6) is 0.523. The lowest BCUT2D eigenvalue weighted by Gasteiger charge is -2.33. The Bertz CT molecular complexity index is 624. The number of benzene rings is 1. The first-order valence-electron chi connectivity index (χ1n) is 9.37. The first kappa shape index (κ1) is 16.8. The van der Waals surface area contributed by atoms with Gasteiger partial charge in [-0.3, -0.25) is 5.43 Å². The highest BCUT2D eigenvalue weighted by molar-refractivity contribution is 5.67. The van der Waals surface area contributed by atoms with E-state index in [-0.39, 0.29) is 18.2 Å². The van der Waals surface area contributed by atoms with Crippen LogP contribution in [0, 0.1) is 5.92 Å². The van der Waals surface area contributed by atoms with Crippen LogP contribution >= 0.6 is 0 Å². The predicted molar refractivity (Wildman–Crippen MR) is 93.8 cm³/mol. The van der Waals surface area contributed by atoms with Crippen LogP contribution in [0.2, 0.25) is 0 Å². The van der Waals surface area contributed by atoms with Gasteiger partial charge in [-0.2, -0.15) is 0 Å². The van der Waals surface area contributed by atoms with Crippen molar-refractivity contribution < 1.29 is 14.3 Å². The number of amides is 1. The first-order valence-corrected chi connectivity index (χ1v) is 9.37. The Morgan fingerprint density at radius 3 is 2.96 bits per heavy atom. The molecular formula is C19H27N3O3. The number of hydrogen-bond donors (Lipinski definition) is 3. The van der Waals surface area contributed by atoms with Gasteiger partial charge in [0.2, 0.25) is 0 Å². The zero-order chi connectivity index (χ0) is 17.2. The lowest BCUT2D eigenvalue weighted by atomic mass is 9.78. The second-order valence-electron chi connectivity index (χ2n) is 7.34. The number of nitrogens with one attached hydrogen (secondary N) is 3. The number of carbonyl (C=O) groups is 1. The molecule has 2 fully saturated rings. The highest BCUT2D eigenvalue weighted by atomic mass is 16.6. The van der Waals surface area contributed by atoms with Gasteiger partial charge in [0.05, 0.1) is 12.1 Å². The number of fused-ring (bicyclic) bond motifs is 4. The SMILES string of the molecule is C[C@H]1OC(=O)NCCCOC2CCC3NNC(c4cccc1c4)C3C2. The van der Waals surface area contributed by atoms with Crippen molar-refractivity contribution in [2.45, 2.75) is 56.9 Å². The van der Waals surface area contributed by atoms with Crippen molar-refractivity contribution in [3.8, 4) is 0 Å². The van der Waals surface area contributed by atoms with Crippen molar-refractivity contribution in [2.24, 2.45) is 5.92 Å². The van der Waals surface area contributed by atoms with E-state index in [1.807, 2.05) is 19.1 Å². The molecule has 1 amide bonds. The van der Waals surface area contributed by atoms with Gasteiger partial charge < -0.3 is 14.8 Å². The van der Waals surface area contributed by atoms with E-state index in [0.29, 0.717) is 31.2 Å². The topological polar surface area (TPSA) is 71.6 Å². The largest absolute Gasteiger partial charge is 0.442 e.